The average Bonchev–Trinajstić information content (AvgIpc) is 2.14. The summed E-state index contributed by atoms with van der Waals surface area (Å²) in [6, 6.07) is 5.14. The summed E-state index contributed by atoms with van der Waals surface area (Å²) in [5.41, 5.74) is 7.24. The lowest BCUT2D eigenvalue weighted by Gasteiger charge is -2.12. The molecule has 2 rings (SSSR count). The Labute approximate surface area is 81.2 Å². The Morgan fingerprint density at radius 1 is 1.14 bits per heavy atom. The summed E-state index contributed by atoms with van der Waals surface area (Å²) in [5.74, 6) is -0.458. The molecule has 0 unspecified atom stereocenters. The molecule has 0 saturated carbocycles. The van der Waals surface area contributed by atoms with Crippen LogP contribution in [0.2, 0.25) is 0 Å². The Morgan fingerprint density at radius 2 is 1.86 bits per heavy atom. The number of fused-ring (bicyclic) bond motifs is 1. The van der Waals surface area contributed by atoms with Crippen LogP contribution in [0.4, 0.5) is 0 Å². The van der Waals surface area contributed by atoms with E-state index in [1.54, 1.807) is 18.2 Å². The van der Waals surface area contributed by atoms with E-state index in [-0.39, 0.29) is 17.3 Å². The molecule has 0 radical (unpaired) electrons. The summed E-state index contributed by atoms with van der Waals surface area (Å²) in [7, 11) is 0. The Morgan fingerprint density at radius 3 is 2.57 bits per heavy atom. The molecule has 14 heavy (non-hydrogen) atoms. The van der Waals surface area contributed by atoms with Crippen LogP contribution in [-0.2, 0) is 0 Å². The SMILES string of the molecule is Cc1ccc2c(c1)C(=O)C=C(N)C2=O. The van der Waals surface area contributed by atoms with Gasteiger partial charge in [0.15, 0.2) is 5.78 Å². The summed E-state index contributed by atoms with van der Waals surface area (Å²) in [5, 5.41) is 0. The molecule has 1 aliphatic carbocycles. The van der Waals surface area contributed by atoms with Crippen molar-refractivity contribution in [3.05, 3.63) is 46.7 Å². The second-order valence-electron chi connectivity index (χ2n) is 3.34. The molecule has 1 aromatic rings. The molecule has 0 saturated heterocycles. The Bertz CT molecular complexity index is 472. The quantitative estimate of drug-likeness (QED) is 0.664. The summed E-state index contributed by atoms with van der Waals surface area (Å²) in [6.07, 6.45) is 1.18. The second kappa shape index (κ2) is 2.80. The Kier molecular flexibility index (Phi) is 1.74. The molecule has 1 aromatic carbocycles. The number of benzene rings is 1. The van der Waals surface area contributed by atoms with Crippen LogP contribution >= 0.6 is 0 Å². The maximum Gasteiger partial charge on any atom is 0.209 e. The lowest BCUT2D eigenvalue weighted by molar-refractivity contribution is 0.0983. The normalized spacial score (nSPS) is 15.1. The van der Waals surface area contributed by atoms with E-state index in [1.165, 1.54) is 6.08 Å². The fraction of sp³-hybridized carbons (Fsp3) is 0.0909. The highest BCUT2D eigenvalue weighted by atomic mass is 16.1. The zero-order chi connectivity index (χ0) is 10.3. The van der Waals surface area contributed by atoms with Gasteiger partial charge in [0.1, 0.15) is 0 Å². The van der Waals surface area contributed by atoms with Gasteiger partial charge in [0.25, 0.3) is 0 Å². The molecule has 0 amide bonds. The zero-order valence-electron chi connectivity index (χ0n) is 7.70. The van der Waals surface area contributed by atoms with Crippen LogP contribution in [0, 0.1) is 6.92 Å². The number of rotatable bonds is 0. The van der Waals surface area contributed by atoms with Gasteiger partial charge in [-0.05, 0) is 19.1 Å². The number of nitrogens with two attached hydrogens (primary N) is 1. The van der Waals surface area contributed by atoms with Crippen molar-refractivity contribution in [2.45, 2.75) is 6.92 Å². The first-order valence-corrected chi connectivity index (χ1v) is 4.26. The zero-order valence-corrected chi connectivity index (χ0v) is 7.70. The van der Waals surface area contributed by atoms with E-state index in [1.807, 2.05) is 6.92 Å². The number of ketones is 2. The van der Waals surface area contributed by atoms with Crippen molar-refractivity contribution in [1.29, 1.82) is 0 Å². The molecule has 0 heterocycles. The fourth-order valence-electron chi connectivity index (χ4n) is 1.50. The van der Waals surface area contributed by atoms with Crippen LogP contribution in [0.15, 0.2) is 30.0 Å². The standard InChI is InChI=1S/C11H9NO2/c1-6-2-3-7-8(4-6)10(13)5-9(12)11(7)14/h2-5H,12H2,1H3. The van der Waals surface area contributed by atoms with Crippen molar-refractivity contribution in [3.63, 3.8) is 0 Å². The van der Waals surface area contributed by atoms with Crippen molar-refractivity contribution < 1.29 is 9.59 Å². The Balaban J connectivity index is 2.69. The van der Waals surface area contributed by atoms with E-state index in [0.717, 1.165) is 5.56 Å². The maximum atomic E-state index is 11.5. The summed E-state index contributed by atoms with van der Waals surface area (Å²) < 4.78 is 0. The average molecular weight is 187 g/mol. The molecule has 3 nitrogen and oxygen atoms in total. The number of allylic oxidation sites excluding steroid dienone is 2. The van der Waals surface area contributed by atoms with Crippen molar-refractivity contribution in [3.8, 4) is 0 Å². The molecule has 0 aliphatic heterocycles. The van der Waals surface area contributed by atoms with E-state index in [0.29, 0.717) is 11.1 Å². The number of hydrogen-bond donors (Lipinski definition) is 1. The van der Waals surface area contributed by atoms with Gasteiger partial charge in [0, 0.05) is 17.2 Å². The fourth-order valence-corrected chi connectivity index (χ4v) is 1.50. The van der Waals surface area contributed by atoms with Crippen molar-refractivity contribution >= 4 is 11.6 Å². The van der Waals surface area contributed by atoms with Gasteiger partial charge in [-0.1, -0.05) is 11.6 Å². The Hall–Kier alpha value is -1.90. The summed E-state index contributed by atoms with van der Waals surface area (Å²) in [4.78, 5) is 23.0. The minimum atomic E-state index is -0.264. The first kappa shape index (κ1) is 8.69. The molecule has 2 N–H and O–H groups in total. The molecule has 1 aliphatic rings. The van der Waals surface area contributed by atoms with Crippen LogP contribution < -0.4 is 5.73 Å². The van der Waals surface area contributed by atoms with Crippen molar-refractivity contribution in [2.24, 2.45) is 5.73 Å². The summed E-state index contributed by atoms with van der Waals surface area (Å²) in [6.45, 7) is 1.87. The molecule has 0 bridgehead atoms. The molecule has 0 spiro atoms. The van der Waals surface area contributed by atoms with Gasteiger partial charge in [-0.2, -0.15) is 0 Å². The minimum absolute atomic E-state index is 0.0198. The van der Waals surface area contributed by atoms with E-state index in [4.69, 9.17) is 5.73 Å². The van der Waals surface area contributed by atoms with Gasteiger partial charge >= 0.3 is 0 Å². The minimum Gasteiger partial charge on any atom is -0.395 e. The molecule has 3 heteroatoms. The smallest absolute Gasteiger partial charge is 0.209 e. The van der Waals surface area contributed by atoms with E-state index < -0.39 is 0 Å². The predicted octanol–water partition coefficient (Wildman–Crippen LogP) is 1.22. The van der Waals surface area contributed by atoms with Gasteiger partial charge in [0.05, 0.1) is 5.70 Å². The third-order valence-corrected chi connectivity index (χ3v) is 2.23. The third kappa shape index (κ3) is 1.14. The van der Waals surface area contributed by atoms with Crippen LogP contribution in [0.3, 0.4) is 0 Å². The summed E-state index contributed by atoms with van der Waals surface area (Å²) >= 11 is 0. The van der Waals surface area contributed by atoms with Crippen LogP contribution in [-0.4, -0.2) is 11.6 Å². The topological polar surface area (TPSA) is 60.2 Å². The van der Waals surface area contributed by atoms with Crippen LogP contribution in [0.25, 0.3) is 0 Å². The molecule has 0 aromatic heterocycles. The highest BCUT2D eigenvalue weighted by Gasteiger charge is 2.23. The molecule has 0 atom stereocenters. The monoisotopic (exact) mass is 187 g/mol. The second-order valence-corrected chi connectivity index (χ2v) is 3.34. The molecule has 70 valence electrons. The molecular formula is C11H9NO2. The molecule has 0 fully saturated rings. The van der Waals surface area contributed by atoms with Gasteiger partial charge < -0.3 is 5.73 Å². The maximum absolute atomic E-state index is 11.5. The van der Waals surface area contributed by atoms with Gasteiger partial charge in [-0.15, -0.1) is 0 Å². The van der Waals surface area contributed by atoms with Crippen molar-refractivity contribution in [2.75, 3.05) is 0 Å². The highest BCUT2D eigenvalue weighted by Crippen LogP contribution is 2.20. The lowest BCUT2D eigenvalue weighted by Crippen LogP contribution is -2.21. The van der Waals surface area contributed by atoms with Crippen LogP contribution in [0.5, 0.6) is 0 Å². The lowest BCUT2D eigenvalue weighted by atomic mass is 9.92. The van der Waals surface area contributed by atoms with Crippen LogP contribution in [0.1, 0.15) is 26.3 Å². The number of carbonyl (C=O) groups is 2. The molecular weight excluding hydrogens is 178 g/mol. The number of aryl methyl sites for hydroxylation is 1. The first-order valence-electron chi connectivity index (χ1n) is 4.26. The largest absolute Gasteiger partial charge is 0.395 e. The van der Waals surface area contributed by atoms with E-state index >= 15 is 0 Å². The third-order valence-electron chi connectivity index (χ3n) is 2.23. The highest BCUT2D eigenvalue weighted by molar-refractivity contribution is 6.24. The van der Waals surface area contributed by atoms with Gasteiger partial charge in [-0.25, -0.2) is 0 Å². The predicted molar refractivity (Wildman–Crippen MR) is 52.1 cm³/mol. The van der Waals surface area contributed by atoms with E-state index in [9.17, 15) is 9.59 Å². The number of hydrogen-bond acceptors (Lipinski definition) is 3. The first-order chi connectivity index (χ1) is 6.59. The van der Waals surface area contributed by atoms with Crippen molar-refractivity contribution in [1.82, 2.24) is 0 Å². The van der Waals surface area contributed by atoms with Gasteiger partial charge in [0.2, 0.25) is 5.78 Å². The number of carbonyl (C=O) groups excluding carboxylic acids is 2. The van der Waals surface area contributed by atoms with E-state index in [2.05, 4.69) is 0 Å². The number of Topliss-reactive ketones (excluding diaryl/α,β-unsaturated/α-hetero) is 1. The van der Waals surface area contributed by atoms with Gasteiger partial charge in [-0.3, -0.25) is 9.59 Å².